The molecule has 0 N–H and O–H groups in total. The second-order valence-electron chi connectivity index (χ2n) is 3.74. The maximum Gasteiger partial charge on any atom is 0.1000 e. The van der Waals surface area contributed by atoms with Gasteiger partial charge in [0.15, 0.2) is 0 Å². The van der Waals surface area contributed by atoms with Crippen LogP contribution in [-0.4, -0.2) is 14.5 Å². The number of aromatic nitrogens is 3. The standard InChI is InChI=1S/C14H11N3/c1-2-5-12(6-3-1)14-10-17(11-16-14)13-7-4-8-15-9-13/h1-11H. The quantitative estimate of drug-likeness (QED) is 0.666. The molecule has 0 amide bonds. The van der Waals surface area contributed by atoms with Crippen LogP contribution in [0.1, 0.15) is 0 Å². The second kappa shape index (κ2) is 4.22. The predicted molar refractivity (Wildman–Crippen MR) is 66.8 cm³/mol. The average Bonchev–Trinajstić information content (AvgIpc) is 2.90. The van der Waals surface area contributed by atoms with Gasteiger partial charge >= 0.3 is 0 Å². The number of hydrogen-bond acceptors (Lipinski definition) is 2. The Labute approximate surface area is 99.4 Å². The van der Waals surface area contributed by atoms with Crippen LogP contribution in [0.4, 0.5) is 0 Å². The lowest BCUT2D eigenvalue weighted by atomic mass is 10.2. The van der Waals surface area contributed by atoms with Gasteiger partial charge in [-0.25, -0.2) is 4.98 Å². The Morgan fingerprint density at radius 2 is 1.82 bits per heavy atom. The Morgan fingerprint density at radius 3 is 2.59 bits per heavy atom. The SMILES string of the molecule is c1ccc(-c2cn(-c3cccnc3)cn2)cc1. The Hall–Kier alpha value is -2.42. The van der Waals surface area contributed by atoms with Crippen molar-refractivity contribution in [2.45, 2.75) is 0 Å². The minimum absolute atomic E-state index is 0.967. The Bertz CT molecular complexity index is 546. The van der Waals surface area contributed by atoms with Gasteiger partial charge in [-0.3, -0.25) is 4.98 Å². The van der Waals surface area contributed by atoms with Crippen molar-refractivity contribution in [1.82, 2.24) is 14.5 Å². The van der Waals surface area contributed by atoms with E-state index in [1.807, 2.05) is 47.3 Å². The van der Waals surface area contributed by atoms with Gasteiger partial charge in [-0.1, -0.05) is 30.3 Å². The molecule has 0 saturated heterocycles. The van der Waals surface area contributed by atoms with Crippen LogP contribution < -0.4 is 0 Å². The largest absolute Gasteiger partial charge is 0.304 e. The zero-order valence-electron chi connectivity index (χ0n) is 9.19. The molecule has 0 radical (unpaired) electrons. The fourth-order valence-corrected chi connectivity index (χ4v) is 1.73. The Balaban J connectivity index is 1.99. The molecule has 2 heterocycles. The third-order valence-corrected chi connectivity index (χ3v) is 2.60. The second-order valence-corrected chi connectivity index (χ2v) is 3.74. The third-order valence-electron chi connectivity index (χ3n) is 2.60. The smallest absolute Gasteiger partial charge is 0.1000 e. The molecule has 2 aromatic heterocycles. The van der Waals surface area contributed by atoms with Crippen molar-refractivity contribution >= 4 is 0 Å². The highest BCUT2D eigenvalue weighted by molar-refractivity contribution is 5.58. The first-order valence-electron chi connectivity index (χ1n) is 5.43. The molecule has 3 nitrogen and oxygen atoms in total. The van der Waals surface area contributed by atoms with E-state index in [0.717, 1.165) is 16.9 Å². The molecule has 3 heteroatoms. The topological polar surface area (TPSA) is 30.7 Å². The number of benzene rings is 1. The molecule has 0 unspecified atom stereocenters. The fourth-order valence-electron chi connectivity index (χ4n) is 1.73. The van der Waals surface area contributed by atoms with E-state index >= 15 is 0 Å². The van der Waals surface area contributed by atoms with Crippen LogP contribution >= 0.6 is 0 Å². The molecule has 3 aromatic rings. The van der Waals surface area contributed by atoms with E-state index in [-0.39, 0.29) is 0 Å². The van der Waals surface area contributed by atoms with Gasteiger partial charge in [0.05, 0.1) is 23.9 Å². The van der Waals surface area contributed by atoms with Crippen LogP contribution in [0.5, 0.6) is 0 Å². The number of hydrogen-bond donors (Lipinski definition) is 0. The maximum absolute atomic E-state index is 4.40. The van der Waals surface area contributed by atoms with Crippen LogP contribution in [0.15, 0.2) is 67.4 Å². The van der Waals surface area contributed by atoms with E-state index < -0.39 is 0 Å². The summed E-state index contributed by atoms with van der Waals surface area (Å²) in [5.41, 5.74) is 3.10. The number of pyridine rings is 1. The summed E-state index contributed by atoms with van der Waals surface area (Å²) in [7, 11) is 0. The molecule has 0 saturated carbocycles. The fraction of sp³-hybridized carbons (Fsp3) is 0. The van der Waals surface area contributed by atoms with Crippen molar-refractivity contribution in [2.75, 3.05) is 0 Å². The van der Waals surface area contributed by atoms with E-state index in [1.54, 1.807) is 12.5 Å². The lowest BCUT2D eigenvalue weighted by Crippen LogP contribution is -1.89. The summed E-state index contributed by atoms with van der Waals surface area (Å²) >= 11 is 0. The molecule has 0 spiro atoms. The highest BCUT2D eigenvalue weighted by Gasteiger charge is 2.02. The average molecular weight is 221 g/mol. The zero-order chi connectivity index (χ0) is 11.5. The summed E-state index contributed by atoms with van der Waals surface area (Å²) in [6, 6.07) is 14.0. The normalized spacial score (nSPS) is 10.4. The van der Waals surface area contributed by atoms with Gasteiger partial charge in [0.1, 0.15) is 0 Å². The summed E-state index contributed by atoms with van der Waals surface area (Å²) in [4.78, 5) is 8.49. The maximum atomic E-state index is 4.40. The van der Waals surface area contributed by atoms with Crippen molar-refractivity contribution in [3.05, 3.63) is 67.4 Å². The van der Waals surface area contributed by atoms with Crippen LogP contribution in [0.25, 0.3) is 16.9 Å². The summed E-state index contributed by atoms with van der Waals surface area (Å²) in [5.74, 6) is 0. The highest BCUT2D eigenvalue weighted by atomic mass is 15.0. The zero-order valence-corrected chi connectivity index (χ0v) is 9.19. The molecule has 0 fully saturated rings. The molecule has 1 aromatic carbocycles. The van der Waals surface area contributed by atoms with Crippen molar-refractivity contribution in [3.8, 4) is 16.9 Å². The molecule has 17 heavy (non-hydrogen) atoms. The third kappa shape index (κ3) is 1.95. The van der Waals surface area contributed by atoms with Gasteiger partial charge in [-0.2, -0.15) is 0 Å². The van der Waals surface area contributed by atoms with Gasteiger partial charge < -0.3 is 4.57 Å². The number of nitrogens with zero attached hydrogens (tertiary/aromatic N) is 3. The van der Waals surface area contributed by atoms with Crippen molar-refractivity contribution < 1.29 is 0 Å². The van der Waals surface area contributed by atoms with E-state index in [0.29, 0.717) is 0 Å². The molecule has 3 rings (SSSR count). The lowest BCUT2D eigenvalue weighted by molar-refractivity contribution is 1.04. The molecule has 0 bridgehead atoms. The molecule has 0 aliphatic carbocycles. The first kappa shape index (κ1) is 9.78. The first-order chi connectivity index (χ1) is 8.43. The molecule has 0 aliphatic heterocycles. The first-order valence-corrected chi connectivity index (χ1v) is 5.43. The van der Waals surface area contributed by atoms with Crippen LogP contribution in [0.2, 0.25) is 0 Å². The summed E-state index contributed by atoms with van der Waals surface area (Å²) in [5, 5.41) is 0. The van der Waals surface area contributed by atoms with Crippen LogP contribution in [0, 0.1) is 0 Å². The van der Waals surface area contributed by atoms with Crippen molar-refractivity contribution in [3.63, 3.8) is 0 Å². The van der Waals surface area contributed by atoms with E-state index in [2.05, 4.69) is 22.1 Å². The molecule has 0 atom stereocenters. The Kier molecular flexibility index (Phi) is 2.43. The summed E-state index contributed by atoms with van der Waals surface area (Å²) < 4.78 is 1.97. The van der Waals surface area contributed by atoms with Crippen LogP contribution in [0.3, 0.4) is 0 Å². The summed E-state index contributed by atoms with van der Waals surface area (Å²) in [6.45, 7) is 0. The van der Waals surface area contributed by atoms with Gasteiger partial charge in [-0.15, -0.1) is 0 Å². The number of imidazole rings is 1. The van der Waals surface area contributed by atoms with Gasteiger partial charge in [0.25, 0.3) is 0 Å². The van der Waals surface area contributed by atoms with Crippen LogP contribution in [-0.2, 0) is 0 Å². The van der Waals surface area contributed by atoms with Gasteiger partial charge in [-0.05, 0) is 12.1 Å². The number of rotatable bonds is 2. The monoisotopic (exact) mass is 221 g/mol. The Morgan fingerprint density at radius 1 is 0.941 bits per heavy atom. The highest BCUT2D eigenvalue weighted by Crippen LogP contribution is 2.17. The van der Waals surface area contributed by atoms with Crippen molar-refractivity contribution in [2.24, 2.45) is 0 Å². The van der Waals surface area contributed by atoms with Crippen molar-refractivity contribution in [1.29, 1.82) is 0 Å². The molecular weight excluding hydrogens is 210 g/mol. The predicted octanol–water partition coefficient (Wildman–Crippen LogP) is 2.93. The molecule has 82 valence electrons. The van der Waals surface area contributed by atoms with E-state index in [1.165, 1.54) is 0 Å². The minimum atomic E-state index is 0.967. The molecular formula is C14H11N3. The van der Waals surface area contributed by atoms with E-state index in [9.17, 15) is 0 Å². The minimum Gasteiger partial charge on any atom is -0.304 e. The lowest BCUT2D eigenvalue weighted by Gasteiger charge is -1.99. The van der Waals surface area contributed by atoms with Gasteiger partial charge in [0, 0.05) is 18.0 Å². The molecule has 0 aliphatic rings. The van der Waals surface area contributed by atoms with Gasteiger partial charge in [0.2, 0.25) is 0 Å². The summed E-state index contributed by atoms with van der Waals surface area (Å²) in [6.07, 6.45) is 7.39. The van der Waals surface area contributed by atoms with E-state index in [4.69, 9.17) is 0 Å².